The predicted molar refractivity (Wildman–Crippen MR) is 65.0 cm³/mol. The maximum atomic E-state index is 10.1. The van der Waals surface area contributed by atoms with Crippen molar-refractivity contribution in [2.45, 2.75) is 31.4 Å². The summed E-state index contributed by atoms with van der Waals surface area (Å²) in [4.78, 5) is 12.4. The minimum absolute atomic E-state index is 0.241. The molecule has 19 heavy (non-hydrogen) atoms. The number of rotatable bonds is 2. The molecule has 4 unspecified atom stereocenters. The first kappa shape index (κ1) is 12.4. The molecule has 3 rings (SSSR count). The van der Waals surface area contributed by atoms with Crippen LogP contribution in [0.5, 0.6) is 0 Å². The molecular weight excluding hydrogens is 250 g/mol. The molecule has 0 aliphatic carbocycles. The van der Waals surface area contributed by atoms with Gasteiger partial charge in [-0.15, -0.1) is 0 Å². The summed E-state index contributed by atoms with van der Waals surface area (Å²) in [5.74, 6) is 0. The first-order valence-electron chi connectivity index (χ1n) is 5.97. The van der Waals surface area contributed by atoms with Gasteiger partial charge in [0.25, 0.3) is 0 Å². The van der Waals surface area contributed by atoms with Crippen molar-refractivity contribution in [3.63, 3.8) is 0 Å². The van der Waals surface area contributed by atoms with Crippen molar-refractivity contribution in [1.29, 1.82) is 0 Å². The van der Waals surface area contributed by atoms with Gasteiger partial charge < -0.3 is 20.7 Å². The van der Waals surface area contributed by atoms with Crippen LogP contribution in [0.4, 0.5) is 0 Å². The fourth-order valence-corrected chi connectivity index (χ4v) is 2.31. The van der Waals surface area contributed by atoms with E-state index >= 15 is 0 Å². The SMILES string of the molecule is Cc1ncnc2c1ncn2C1OC(CO)C(N)C1O. The van der Waals surface area contributed by atoms with Gasteiger partial charge in [-0.2, -0.15) is 0 Å². The van der Waals surface area contributed by atoms with E-state index in [0.717, 1.165) is 5.69 Å². The standard InChI is InChI=1S/C11H15N5O3/c1-5-8-10(14-3-13-5)16(4-15-8)11-9(18)7(12)6(2-17)19-11/h3-4,6-7,9,11,17-18H,2,12H2,1H3. The Bertz CT molecular complexity index is 601. The van der Waals surface area contributed by atoms with E-state index in [1.165, 1.54) is 12.7 Å². The topological polar surface area (TPSA) is 119 Å². The lowest BCUT2D eigenvalue weighted by Gasteiger charge is -2.16. The zero-order valence-corrected chi connectivity index (χ0v) is 10.3. The Morgan fingerprint density at radius 3 is 2.89 bits per heavy atom. The van der Waals surface area contributed by atoms with E-state index in [9.17, 15) is 5.11 Å². The summed E-state index contributed by atoms with van der Waals surface area (Å²) >= 11 is 0. The third-order valence-electron chi connectivity index (χ3n) is 3.43. The van der Waals surface area contributed by atoms with E-state index in [2.05, 4.69) is 15.0 Å². The maximum absolute atomic E-state index is 10.1. The predicted octanol–water partition coefficient (Wildman–Crippen LogP) is -1.29. The average molecular weight is 265 g/mol. The van der Waals surface area contributed by atoms with E-state index in [-0.39, 0.29) is 6.61 Å². The molecule has 2 aromatic heterocycles. The molecule has 0 aromatic carbocycles. The van der Waals surface area contributed by atoms with Gasteiger partial charge in [0, 0.05) is 0 Å². The molecule has 8 heteroatoms. The van der Waals surface area contributed by atoms with E-state index in [4.69, 9.17) is 15.6 Å². The van der Waals surface area contributed by atoms with E-state index in [1.54, 1.807) is 4.57 Å². The molecule has 0 radical (unpaired) electrons. The van der Waals surface area contributed by atoms with Gasteiger partial charge in [-0.1, -0.05) is 0 Å². The Morgan fingerprint density at radius 1 is 1.42 bits per heavy atom. The van der Waals surface area contributed by atoms with Crippen molar-refractivity contribution < 1.29 is 14.9 Å². The third kappa shape index (κ3) is 1.80. The van der Waals surface area contributed by atoms with Gasteiger partial charge in [0.1, 0.15) is 24.1 Å². The quantitative estimate of drug-likeness (QED) is 0.618. The number of nitrogens with two attached hydrogens (primary N) is 1. The number of fused-ring (bicyclic) bond motifs is 1. The largest absolute Gasteiger partial charge is 0.394 e. The molecule has 102 valence electrons. The number of nitrogens with zero attached hydrogens (tertiary/aromatic N) is 4. The van der Waals surface area contributed by atoms with Crippen LogP contribution in [0.3, 0.4) is 0 Å². The normalized spacial score (nSPS) is 31.2. The van der Waals surface area contributed by atoms with Crippen LogP contribution in [-0.4, -0.2) is 54.6 Å². The lowest BCUT2D eigenvalue weighted by atomic mass is 10.1. The third-order valence-corrected chi connectivity index (χ3v) is 3.43. The number of aromatic nitrogens is 4. The van der Waals surface area contributed by atoms with Crippen molar-refractivity contribution in [3.05, 3.63) is 18.3 Å². The molecule has 0 amide bonds. The van der Waals surface area contributed by atoms with Crippen LogP contribution < -0.4 is 5.73 Å². The lowest BCUT2D eigenvalue weighted by Crippen LogP contribution is -2.41. The Balaban J connectivity index is 2.04. The fourth-order valence-electron chi connectivity index (χ4n) is 2.31. The summed E-state index contributed by atoms with van der Waals surface area (Å²) in [5.41, 5.74) is 7.78. The number of ether oxygens (including phenoxy) is 1. The minimum atomic E-state index is -0.926. The summed E-state index contributed by atoms with van der Waals surface area (Å²) in [5, 5.41) is 19.3. The second-order valence-electron chi connectivity index (χ2n) is 4.60. The van der Waals surface area contributed by atoms with Crippen LogP contribution in [-0.2, 0) is 4.74 Å². The molecule has 1 saturated heterocycles. The van der Waals surface area contributed by atoms with Gasteiger partial charge >= 0.3 is 0 Å². The number of hydrogen-bond donors (Lipinski definition) is 3. The Kier molecular flexibility index (Phi) is 2.94. The monoisotopic (exact) mass is 265 g/mol. The van der Waals surface area contributed by atoms with E-state index in [1.807, 2.05) is 6.92 Å². The maximum Gasteiger partial charge on any atom is 0.165 e. The molecule has 0 spiro atoms. The van der Waals surface area contributed by atoms with Gasteiger partial charge in [-0.25, -0.2) is 15.0 Å². The molecule has 0 bridgehead atoms. The Hall–Kier alpha value is -1.61. The minimum Gasteiger partial charge on any atom is -0.394 e. The molecule has 1 fully saturated rings. The van der Waals surface area contributed by atoms with Gasteiger partial charge in [-0.3, -0.25) is 4.57 Å². The number of hydrogen-bond acceptors (Lipinski definition) is 7. The van der Waals surface area contributed by atoms with Crippen LogP contribution in [0.1, 0.15) is 11.9 Å². The highest BCUT2D eigenvalue weighted by Crippen LogP contribution is 2.30. The summed E-state index contributed by atoms with van der Waals surface area (Å²) in [6.45, 7) is 1.59. The summed E-state index contributed by atoms with van der Waals surface area (Å²) < 4.78 is 7.18. The van der Waals surface area contributed by atoms with Crippen molar-refractivity contribution >= 4 is 11.2 Å². The number of aryl methyl sites for hydroxylation is 1. The summed E-state index contributed by atoms with van der Waals surface area (Å²) in [6.07, 6.45) is 0.740. The number of aliphatic hydroxyl groups is 2. The van der Waals surface area contributed by atoms with Crippen molar-refractivity contribution in [1.82, 2.24) is 19.5 Å². The molecule has 1 aliphatic heterocycles. The second kappa shape index (κ2) is 4.49. The van der Waals surface area contributed by atoms with Crippen molar-refractivity contribution in [3.8, 4) is 0 Å². The van der Waals surface area contributed by atoms with Gasteiger partial charge in [0.2, 0.25) is 0 Å². The zero-order chi connectivity index (χ0) is 13.6. The highest BCUT2D eigenvalue weighted by atomic mass is 16.5. The van der Waals surface area contributed by atoms with Crippen molar-refractivity contribution in [2.24, 2.45) is 5.73 Å². The van der Waals surface area contributed by atoms with E-state index < -0.39 is 24.5 Å². The van der Waals surface area contributed by atoms with Crippen LogP contribution in [0, 0.1) is 6.92 Å². The van der Waals surface area contributed by atoms with Gasteiger partial charge in [0.05, 0.1) is 24.7 Å². The van der Waals surface area contributed by atoms with Crippen LogP contribution in [0.2, 0.25) is 0 Å². The zero-order valence-electron chi connectivity index (χ0n) is 10.3. The molecule has 1 aliphatic rings. The van der Waals surface area contributed by atoms with Crippen LogP contribution >= 0.6 is 0 Å². The molecule has 3 heterocycles. The molecule has 4 atom stereocenters. The molecule has 0 saturated carbocycles. The first-order valence-corrected chi connectivity index (χ1v) is 5.97. The molecule has 8 nitrogen and oxygen atoms in total. The number of aliphatic hydroxyl groups excluding tert-OH is 2. The smallest absolute Gasteiger partial charge is 0.165 e. The van der Waals surface area contributed by atoms with Crippen molar-refractivity contribution in [2.75, 3.05) is 6.61 Å². The highest BCUT2D eigenvalue weighted by molar-refractivity contribution is 5.72. The highest BCUT2D eigenvalue weighted by Gasteiger charge is 2.42. The van der Waals surface area contributed by atoms with E-state index in [0.29, 0.717) is 11.2 Å². The summed E-state index contributed by atoms with van der Waals surface area (Å²) in [7, 11) is 0. The second-order valence-corrected chi connectivity index (χ2v) is 4.60. The molecular formula is C11H15N5O3. The van der Waals surface area contributed by atoms with Crippen LogP contribution in [0.25, 0.3) is 11.2 Å². The Labute approximate surface area is 108 Å². The molecule has 4 N–H and O–H groups in total. The van der Waals surface area contributed by atoms with Gasteiger partial charge in [0.15, 0.2) is 11.9 Å². The lowest BCUT2D eigenvalue weighted by molar-refractivity contribution is -0.0488. The molecule has 2 aromatic rings. The summed E-state index contributed by atoms with van der Waals surface area (Å²) in [6, 6.07) is -0.643. The van der Waals surface area contributed by atoms with Gasteiger partial charge in [-0.05, 0) is 6.92 Å². The Morgan fingerprint density at radius 2 is 2.21 bits per heavy atom. The number of imidazole rings is 1. The van der Waals surface area contributed by atoms with Crippen LogP contribution in [0.15, 0.2) is 12.7 Å². The first-order chi connectivity index (χ1) is 9.13. The average Bonchev–Trinajstić information content (AvgIpc) is 2.94. The fraction of sp³-hybridized carbons (Fsp3) is 0.545.